The van der Waals surface area contributed by atoms with Gasteiger partial charge in [-0.05, 0) is 42.5 Å². The van der Waals surface area contributed by atoms with E-state index in [0.717, 1.165) is 30.7 Å². The number of para-hydroxylation sites is 1. The second kappa shape index (κ2) is 10.1. The molecule has 31 heavy (non-hydrogen) atoms. The summed E-state index contributed by atoms with van der Waals surface area (Å²) in [5, 5.41) is 12.5. The first-order chi connectivity index (χ1) is 15.1. The number of nitrogens with one attached hydrogen (secondary N) is 1. The van der Waals surface area contributed by atoms with Gasteiger partial charge in [0.15, 0.2) is 11.0 Å². The van der Waals surface area contributed by atoms with Crippen LogP contribution < -0.4 is 5.32 Å². The molecule has 1 saturated heterocycles. The summed E-state index contributed by atoms with van der Waals surface area (Å²) in [4.78, 5) is 16.7. The molecule has 0 aliphatic carbocycles. The highest BCUT2D eigenvalue weighted by atomic mass is 32.2. The molecule has 1 aliphatic rings. The highest BCUT2D eigenvalue weighted by molar-refractivity contribution is 7.99. The molecule has 1 atom stereocenters. The Balaban J connectivity index is 1.59. The summed E-state index contributed by atoms with van der Waals surface area (Å²) in [7, 11) is 0. The van der Waals surface area contributed by atoms with E-state index in [4.69, 9.17) is 4.74 Å². The Labute approximate surface area is 186 Å². The van der Waals surface area contributed by atoms with Gasteiger partial charge in [-0.15, -0.1) is 10.2 Å². The van der Waals surface area contributed by atoms with Crippen molar-refractivity contribution in [2.45, 2.75) is 43.9 Å². The first-order valence-corrected chi connectivity index (χ1v) is 11.6. The van der Waals surface area contributed by atoms with Gasteiger partial charge in [-0.25, -0.2) is 0 Å². The lowest BCUT2D eigenvalue weighted by molar-refractivity contribution is -0.119. The van der Waals surface area contributed by atoms with Crippen molar-refractivity contribution in [1.29, 1.82) is 0 Å². The van der Waals surface area contributed by atoms with E-state index in [-0.39, 0.29) is 17.8 Å². The number of benzene rings is 1. The lowest BCUT2D eigenvalue weighted by Crippen LogP contribution is -2.32. The molecule has 4 rings (SSSR count). The molecule has 1 N–H and O–H groups in total. The summed E-state index contributed by atoms with van der Waals surface area (Å²) in [6.07, 6.45) is 5.71. The van der Waals surface area contributed by atoms with E-state index in [0.29, 0.717) is 23.4 Å². The molecule has 0 bridgehead atoms. The van der Waals surface area contributed by atoms with Crippen molar-refractivity contribution in [3.63, 3.8) is 0 Å². The number of hydrogen-bond acceptors (Lipinski definition) is 6. The van der Waals surface area contributed by atoms with Crippen LogP contribution in [0.1, 0.15) is 38.2 Å². The van der Waals surface area contributed by atoms with Gasteiger partial charge in [0, 0.05) is 31.1 Å². The molecule has 2 aromatic heterocycles. The van der Waals surface area contributed by atoms with Crippen LogP contribution in [0.5, 0.6) is 0 Å². The molecular formula is C23H27N5O2S. The minimum absolute atomic E-state index is 0.0323. The summed E-state index contributed by atoms with van der Waals surface area (Å²) < 4.78 is 7.61. The smallest absolute Gasteiger partial charge is 0.230 e. The van der Waals surface area contributed by atoms with Crippen LogP contribution in [-0.2, 0) is 9.53 Å². The third-order valence-electron chi connectivity index (χ3n) is 5.24. The zero-order chi connectivity index (χ0) is 21.6. The Hall–Kier alpha value is -2.71. The Bertz CT molecular complexity index is 1020. The minimum Gasteiger partial charge on any atom is -0.376 e. The van der Waals surface area contributed by atoms with E-state index in [2.05, 4.69) is 46.5 Å². The number of pyridine rings is 1. The predicted octanol–water partition coefficient (Wildman–Crippen LogP) is 3.84. The van der Waals surface area contributed by atoms with E-state index >= 15 is 0 Å². The van der Waals surface area contributed by atoms with Crippen molar-refractivity contribution in [3.8, 4) is 17.1 Å². The van der Waals surface area contributed by atoms with Gasteiger partial charge in [-0.2, -0.15) is 0 Å². The predicted molar refractivity (Wildman–Crippen MR) is 121 cm³/mol. The summed E-state index contributed by atoms with van der Waals surface area (Å²) >= 11 is 1.38. The minimum atomic E-state index is -0.0323. The summed E-state index contributed by atoms with van der Waals surface area (Å²) in [6, 6.07) is 12.1. The lowest BCUT2D eigenvalue weighted by atomic mass is 10.0. The third kappa shape index (κ3) is 5.14. The van der Waals surface area contributed by atoms with Gasteiger partial charge < -0.3 is 10.1 Å². The highest BCUT2D eigenvalue weighted by Gasteiger charge is 2.21. The Kier molecular flexibility index (Phi) is 6.99. The number of amides is 1. The molecule has 0 saturated carbocycles. The van der Waals surface area contributed by atoms with Crippen molar-refractivity contribution in [1.82, 2.24) is 25.1 Å². The lowest BCUT2D eigenvalue weighted by Gasteiger charge is -2.17. The van der Waals surface area contributed by atoms with Crippen LogP contribution >= 0.6 is 11.8 Å². The van der Waals surface area contributed by atoms with Crippen LogP contribution in [0.25, 0.3) is 17.1 Å². The summed E-state index contributed by atoms with van der Waals surface area (Å²) in [5.74, 6) is 1.27. The maximum absolute atomic E-state index is 12.4. The highest BCUT2D eigenvalue weighted by Crippen LogP contribution is 2.31. The van der Waals surface area contributed by atoms with E-state index < -0.39 is 0 Å². The fraction of sp³-hybridized carbons (Fsp3) is 0.391. The topological polar surface area (TPSA) is 81.9 Å². The molecule has 3 aromatic rings. The van der Waals surface area contributed by atoms with E-state index in [1.54, 1.807) is 12.4 Å². The number of carbonyl (C=O) groups is 1. The largest absolute Gasteiger partial charge is 0.376 e. The average molecular weight is 438 g/mol. The van der Waals surface area contributed by atoms with Crippen molar-refractivity contribution >= 4 is 17.7 Å². The van der Waals surface area contributed by atoms with Gasteiger partial charge in [0.05, 0.1) is 17.5 Å². The van der Waals surface area contributed by atoms with Crippen LogP contribution in [-0.4, -0.2) is 50.7 Å². The van der Waals surface area contributed by atoms with Crippen molar-refractivity contribution in [3.05, 3.63) is 54.4 Å². The van der Waals surface area contributed by atoms with Crippen LogP contribution in [0.3, 0.4) is 0 Å². The molecule has 7 nitrogen and oxygen atoms in total. The molecule has 3 heterocycles. The zero-order valence-corrected chi connectivity index (χ0v) is 18.6. The van der Waals surface area contributed by atoms with Crippen LogP contribution in [0, 0.1) is 0 Å². The van der Waals surface area contributed by atoms with Gasteiger partial charge in [-0.3, -0.25) is 14.3 Å². The number of ether oxygens (including phenoxy) is 1. The zero-order valence-electron chi connectivity index (χ0n) is 17.8. The Morgan fingerprint density at radius 2 is 2.13 bits per heavy atom. The third-order valence-corrected chi connectivity index (χ3v) is 6.16. The fourth-order valence-electron chi connectivity index (χ4n) is 3.66. The van der Waals surface area contributed by atoms with Crippen LogP contribution in [0.2, 0.25) is 0 Å². The van der Waals surface area contributed by atoms with Crippen molar-refractivity contribution < 1.29 is 9.53 Å². The van der Waals surface area contributed by atoms with Gasteiger partial charge in [0.25, 0.3) is 0 Å². The van der Waals surface area contributed by atoms with E-state index in [1.807, 2.05) is 28.8 Å². The normalized spacial score (nSPS) is 16.0. The van der Waals surface area contributed by atoms with Crippen LogP contribution in [0.4, 0.5) is 0 Å². The molecular weight excluding hydrogens is 410 g/mol. The number of carbonyl (C=O) groups excluding carboxylic acids is 1. The molecule has 0 spiro atoms. The van der Waals surface area contributed by atoms with Gasteiger partial charge in [0.1, 0.15) is 0 Å². The van der Waals surface area contributed by atoms with Crippen molar-refractivity contribution in [2.24, 2.45) is 0 Å². The van der Waals surface area contributed by atoms with E-state index in [1.165, 1.54) is 17.3 Å². The number of aromatic nitrogens is 4. The Morgan fingerprint density at radius 3 is 2.87 bits per heavy atom. The average Bonchev–Trinajstić information content (AvgIpc) is 3.46. The number of hydrogen-bond donors (Lipinski definition) is 1. The molecule has 8 heteroatoms. The molecule has 1 amide bonds. The maximum Gasteiger partial charge on any atom is 0.230 e. The maximum atomic E-state index is 12.4. The Morgan fingerprint density at radius 1 is 1.26 bits per heavy atom. The monoisotopic (exact) mass is 437 g/mol. The number of nitrogens with zero attached hydrogens (tertiary/aromatic N) is 4. The SMILES string of the molecule is CC(C)c1ccccc1-n1c(SCC(=O)NCC2CCCO2)nnc1-c1cccnc1. The quantitative estimate of drug-likeness (QED) is 0.539. The molecule has 1 aliphatic heterocycles. The molecule has 162 valence electrons. The standard InChI is InChI=1S/C23H27N5O2S/c1-16(2)19-9-3-4-10-20(19)28-22(17-7-5-11-24-13-17)26-27-23(28)31-15-21(29)25-14-18-8-6-12-30-18/h3-5,7,9-11,13,16,18H,6,8,12,14-15H2,1-2H3,(H,25,29). The second-order valence-electron chi connectivity index (χ2n) is 7.82. The summed E-state index contributed by atoms with van der Waals surface area (Å²) in [5.41, 5.74) is 3.09. The second-order valence-corrected chi connectivity index (χ2v) is 8.77. The van der Waals surface area contributed by atoms with Crippen LogP contribution in [0.15, 0.2) is 53.9 Å². The van der Waals surface area contributed by atoms with Crippen molar-refractivity contribution in [2.75, 3.05) is 18.9 Å². The molecule has 1 unspecified atom stereocenters. The number of rotatable bonds is 8. The number of thioether (sulfide) groups is 1. The molecule has 1 fully saturated rings. The first-order valence-electron chi connectivity index (χ1n) is 10.6. The van der Waals surface area contributed by atoms with E-state index in [9.17, 15) is 4.79 Å². The first kappa shape index (κ1) is 21.5. The molecule has 1 aromatic carbocycles. The van der Waals surface area contributed by atoms with Gasteiger partial charge >= 0.3 is 0 Å². The van der Waals surface area contributed by atoms with Gasteiger partial charge in [0.2, 0.25) is 5.91 Å². The van der Waals surface area contributed by atoms with Gasteiger partial charge in [-0.1, -0.05) is 43.8 Å². The molecule has 0 radical (unpaired) electrons. The fourth-order valence-corrected chi connectivity index (χ4v) is 4.43. The summed E-state index contributed by atoms with van der Waals surface area (Å²) in [6.45, 7) is 5.67.